The topological polar surface area (TPSA) is 9.23 Å². The lowest BCUT2D eigenvalue weighted by Crippen LogP contribution is -2.51. The predicted octanol–water partition coefficient (Wildman–Crippen LogP) is 3.67. The van der Waals surface area contributed by atoms with Crippen molar-refractivity contribution in [2.75, 3.05) is 0 Å². The van der Waals surface area contributed by atoms with E-state index in [-0.39, 0.29) is 0 Å². The molecule has 17 heavy (non-hydrogen) atoms. The number of rotatable bonds is 2. The summed E-state index contributed by atoms with van der Waals surface area (Å²) in [6, 6.07) is 10.3. The zero-order chi connectivity index (χ0) is 11.2. The summed E-state index contributed by atoms with van der Waals surface area (Å²) in [4.78, 5) is 0. The smallest absolute Gasteiger partial charge is 0.119 e. The summed E-state index contributed by atoms with van der Waals surface area (Å²) in [6.45, 7) is 0. The maximum absolute atomic E-state index is 6.21. The number of fused-ring (bicyclic) bond motifs is 2. The highest BCUT2D eigenvalue weighted by atomic mass is 16.5. The second-order valence-electron chi connectivity index (χ2n) is 5.75. The minimum Gasteiger partial charge on any atom is -0.490 e. The van der Waals surface area contributed by atoms with Crippen LogP contribution in [0.5, 0.6) is 5.75 Å². The highest BCUT2D eigenvalue weighted by molar-refractivity contribution is 5.23. The summed E-state index contributed by atoms with van der Waals surface area (Å²) in [5.41, 5.74) is 0. The summed E-state index contributed by atoms with van der Waals surface area (Å²) < 4.78 is 6.21. The van der Waals surface area contributed by atoms with Gasteiger partial charge in [-0.2, -0.15) is 0 Å². The highest BCUT2D eigenvalue weighted by Gasteiger charge is 2.50. The molecule has 0 amide bonds. The summed E-state index contributed by atoms with van der Waals surface area (Å²) in [7, 11) is 0. The molecule has 88 valence electrons. The van der Waals surface area contributed by atoms with Crippen molar-refractivity contribution in [3.8, 4) is 5.75 Å². The van der Waals surface area contributed by atoms with Crippen LogP contribution in [0.1, 0.15) is 19.3 Å². The second kappa shape index (κ2) is 3.63. The minimum atomic E-state index is 0.461. The van der Waals surface area contributed by atoms with Gasteiger partial charge >= 0.3 is 0 Å². The van der Waals surface area contributed by atoms with E-state index in [2.05, 4.69) is 36.4 Å². The van der Waals surface area contributed by atoms with Crippen molar-refractivity contribution in [2.45, 2.75) is 25.4 Å². The Morgan fingerprint density at radius 1 is 0.941 bits per heavy atom. The van der Waals surface area contributed by atoms with Crippen LogP contribution in [0.15, 0.2) is 42.5 Å². The van der Waals surface area contributed by atoms with E-state index in [9.17, 15) is 0 Å². The molecular weight excluding hydrogens is 208 g/mol. The zero-order valence-corrected chi connectivity index (χ0v) is 9.96. The van der Waals surface area contributed by atoms with Gasteiger partial charge in [0.1, 0.15) is 11.9 Å². The molecule has 1 aromatic carbocycles. The minimum absolute atomic E-state index is 0.461. The Hall–Kier alpha value is -1.24. The number of hydrogen-bond donors (Lipinski definition) is 0. The molecule has 0 aromatic heterocycles. The fourth-order valence-electron chi connectivity index (χ4n) is 4.05. The fourth-order valence-corrected chi connectivity index (χ4v) is 4.05. The lowest BCUT2D eigenvalue weighted by Gasteiger charge is -2.54. The average Bonchev–Trinajstić information content (AvgIpc) is 2.31. The van der Waals surface area contributed by atoms with Crippen LogP contribution in [0.2, 0.25) is 0 Å². The van der Waals surface area contributed by atoms with Crippen molar-refractivity contribution in [1.29, 1.82) is 0 Å². The number of benzene rings is 1. The molecule has 4 aliphatic carbocycles. The van der Waals surface area contributed by atoms with Gasteiger partial charge < -0.3 is 4.74 Å². The van der Waals surface area contributed by atoms with Crippen molar-refractivity contribution in [3.05, 3.63) is 42.5 Å². The first-order chi connectivity index (χ1) is 8.42. The van der Waals surface area contributed by atoms with Gasteiger partial charge in [-0.05, 0) is 49.1 Å². The zero-order valence-electron chi connectivity index (χ0n) is 9.96. The molecule has 0 spiro atoms. The molecule has 0 N–H and O–H groups in total. The van der Waals surface area contributed by atoms with E-state index in [0.717, 1.165) is 29.4 Å². The summed E-state index contributed by atoms with van der Waals surface area (Å²) >= 11 is 0. The fraction of sp³-hybridized carbons (Fsp3) is 0.500. The van der Waals surface area contributed by atoms with E-state index in [1.54, 1.807) is 0 Å². The molecule has 1 nitrogen and oxygen atoms in total. The van der Waals surface area contributed by atoms with Gasteiger partial charge in [-0.25, -0.2) is 0 Å². The van der Waals surface area contributed by atoms with Crippen LogP contribution in [0, 0.1) is 23.7 Å². The Balaban J connectivity index is 1.55. The standard InChI is InChI=1S/C16H18O/c1-2-4-12(5-3-1)17-16-10-11-6-7-15(16)14-9-8-13(11)14/h1-5,8-9,11,13-16H,6-7,10H2/t11-,13-,14-,15-,16-/m1/s1. The van der Waals surface area contributed by atoms with Gasteiger partial charge in [-0.15, -0.1) is 0 Å². The van der Waals surface area contributed by atoms with Crippen LogP contribution >= 0.6 is 0 Å². The SMILES string of the molecule is C1=C[C@@H]2[C@H]1[C@@H]1CC[C@H]2[C@H](Oc2ccccc2)C1. The molecule has 2 bridgehead atoms. The molecule has 5 rings (SSSR count). The molecule has 0 saturated heterocycles. The maximum atomic E-state index is 6.21. The molecule has 1 heteroatoms. The van der Waals surface area contributed by atoms with Crippen LogP contribution in [-0.2, 0) is 0 Å². The lowest BCUT2D eigenvalue weighted by molar-refractivity contribution is -0.0426. The normalized spacial score (nSPS) is 41.8. The van der Waals surface area contributed by atoms with Crippen LogP contribution in [0.25, 0.3) is 0 Å². The number of para-hydroxylation sites is 1. The quantitative estimate of drug-likeness (QED) is 0.699. The largest absolute Gasteiger partial charge is 0.490 e. The van der Waals surface area contributed by atoms with E-state index >= 15 is 0 Å². The molecule has 3 saturated carbocycles. The Labute approximate surface area is 102 Å². The molecule has 3 fully saturated rings. The van der Waals surface area contributed by atoms with Crippen molar-refractivity contribution < 1.29 is 4.74 Å². The molecule has 0 heterocycles. The Morgan fingerprint density at radius 2 is 1.76 bits per heavy atom. The van der Waals surface area contributed by atoms with E-state index < -0.39 is 0 Å². The van der Waals surface area contributed by atoms with Gasteiger partial charge in [0.05, 0.1) is 0 Å². The molecule has 0 unspecified atom stereocenters. The van der Waals surface area contributed by atoms with Crippen LogP contribution in [-0.4, -0.2) is 6.10 Å². The second-order valence-corrected chi connectivity index (χ2v) is 5.75. The number of ether oxygens (including phenoxy) is 1. The molecule has 1 aromatic rings. The third-order valence-corrected chi connectivity index (χ3v) is 4.95. The van der Waals surface area contributed by atoms with Crippen molar-refractivity contribution >= 4 is 0 Å². The molecular formula is C16H18O. The number of allylic oxidation sites excluding steroid dienone is 2. The van der Waals surface area contributed by atoms with Gasteiger partial charge in [-0.3, -0.25) is 0 Å². The Morgan fingerprint density at radius 3 is 2.47 bits per heavy atom. The van der Waals surface area contributed by atoms with Gasteiger partial charge in [-0.1, -0.05) is 30.4 Å². The van der Waals surface area contributed by atoms with Crippen LogP contribution < -0.4 is 4.74 Å². The molecule has 0 aliphatic heterocycles. The van der Waals surface area contributed by atoms with E-state index in [1.165, 1.54) is 19.3 Å². The maximum Gasteiger partial charge on any atom is 0.119 e. The number of hydrogen-bond acceptors (Lipinski definition) is 1. The van der Waals surface area contributed by atoms with Gasteiger partial charge in [0.2, 0.25) is 0 Å². The Bertz CT molecular complexity index is 436. The first-order valence-corrected chi connectivity index (χ1v) is 6.82. The molecule has 4 aliphatic rings. The van der Waals surface area contributed by atoms with E-state index in [0.29, 0.717) is 6.10 Å². The summed E-state index contributed by atoms with van der Waals surface area (Å²) in [5, 5.41) is 0. The van der Waals surface area contributed by atoms with Crippen molar-refractivity contribution in [1.82, 2.24) is 0 Å². The summed E-state index contributed by atoms with van der Waals surface area (Å²) in [6.07, 6.45) is 9.37. The lowest BCUT2D eigenvalue weighted by atomic mass is 9.53. The monoisotopic (exact) mass is 226 g/mol. The third-order valence-electron chi connectivity index (χ3n) is 4.95. The van der Waals surface area contributed by atoms with E-state index in [1.807, 2.05) is 6.07 Å². The van der Waals surface area contributed by atoms with Gasteiger partial charge in [0.25, 0.3) is 0 Å². The Kier molecular flexibility index (Phi) is 2.08. The summed E-state index contributed by atoms with van der Waals surface area (Å²) in [5.74, 6) is 4.43. The van der Waals surface area contributed by atoms with Crippen LogP contribution in [0.3, 0.4) is 0 Å². The average molecular weight is 226 g/mol. The van der Waals surface area contributed by atoms with Gasteiger partial charge in [0.15, 0.2) is 0 Å². The first-order valence-electron chi connectivity index (χ1n) is 6.82. The van der Waals surface area contributed by atoms with Crippen molar-refractivity contribution in [2.24, 2.45) is 23.7 Å². The molecule has 0 radical (unpaired) electrons. The van der Waals surface area contributed by atoms with Crippen LogP contribution in [0.4, 0.5) is 0 Å². The highest BCUT2D eigenvalue weighted by Crippen LogP contribution is 2.54. The first kappa shape index (κ1) is 9.76. The third kappa shape index (κ3) is 1.45. The van der Waals surface area contributed by atoms with E-state index in [4.69, 9.17) is 4.74 Å². The van der Waals surface area contributed by atoms with Crippen molar-refractivity contribution in [3.63, 3.8) is 0 Å². The van der Waals surface area contributed by atoms with Gasteiger partial charge in [0, 0.05) is 5.92 Å². The molecule has 5 atom stereocenters. The predicted molar refractivity (Wildman–Crippen MR) is 67.8 cm³/mol.